The number of methoxy groups -OCH3 is 2. The van der Waals surface area contributed by atoms with E-state index in [4.69, 9.17) is 14.2 Å². The molecule has 1 N–H and O–H groups in total. The lowest BCUT2D eigenvalue weighted by molar-refractivity contribution is -0.0961. The van der Waals surface area contributed by atoms with Gasteiger partial charge in [0.2, 0.25) is 0 Å². The smallest absolute Gasteiger partial charge is 0.122 e. The van der Waals surface area contributed by atoms with E-state index in [0.29, 0.717) is 6.61 Å². The summed E-state index contributed by atoms with van der Waals surface area (Å²) in [6, 6.07) is 14.5. The molecule has 0 spiro atoms. The van der Waals surface area contributed by atoms with Crippen LogP contribution in [0.1, 0.15) is 36.8 Å². The topological polar surface area (TPSA) is 54.4 Å². The minimum absolute atomic E-state index is 0.270. The molecule has 2 saturated heterocycles. The van der Waals surface area contributed by atoms with Gasteiger partial charge in [-0.05, 0) is 75.4 Å². The largest absolute Gasteiger partial charge is 0.497 e. The molecule has 2 fully saturated rings. The van der Waals surface area contributed by atoms with Gasteiger partial charge in [0.15, 0.2) is 0 Å². The van der Waals surface area contributed by atoms with E-state index in [2.05, 4.69) is 54.0 Å². The molecule has 34 heavy (non-hydrogen) atoms. The first-order chi connectivity index (χ1) is 16.3. The van der Waals surface area contributed by atoms with Gasteiger partial charge in [-0.15, -0.1) is 0 Å². The van der Waals surface area contributed by atoms with Crippen molar-refractivity contribution in [1.29, 1.82) is 0 Å². The summed E-state index contributed by atoms with van der Waals surface area (Å²) in [5, 5.41) is 11.3. The number of β-amino-alcohol motifs (C(OH)–C–C–N with tert-alkyl or cyclic N) is 1. The third-order valence-electron chi connectivity index (χ3n) is 7.67. The van der Waals surface area contributed by atoms with Crippen molar-refractivity contribution in [3.63, 3.8) is 0 Å². The molecule has 6 nitrogen and oxygen atoms in total. The normalized spacial score (nSPS) is 20.2. The second kappa shape index (κ2) is 10.5. The molecule has 0 atom stereocenters. The van der Waals surface area contributed by atoms with Crippen molar-refractivity contribution in [2.24, 2.45) is 0 Å². The number of piperidine rings is 2. The van der Waals surface area contributed by atoms with Gasteiger partial charge in [0.1, 0.15) is 23.7 Å². The Balaban J connectivity index is 1.26. The maximum absolute atomic E-state index is 11.3. The number of ether oxygens (including phenoxy) is 3. The number of nitrogens with zero attached hydrogens (tertiary/aromatic N) is 2. The lowest BCUT2D eigenvalue weighted by atomic mass is 9.87. The van der Waals surface area contributed by atoms with Gasteiger partial charge >= 0.3 is 0 Å². The lowest BCUT2D eigenvalue weighted by Crippen LogP contribution is -2.55. The van der Waals surface area contributed by atoms with Crippen LogP contribution in [0.4, 0.5) is 5.69 Å². The summed E-state index contributed by atoms with van der Waals surface area (Å²) in [4.78, 5) is 4.75. The van der Waals surface area contributed by atoms with Gasteiger partial charge in [-0.2, -0.15) is 0 Å². The monoisotopic (exact) mass is 468 g/mol. The van der Waals surface area contributed by atoms with E-state index in [1.165, 1.54) is 11.3 Å². The molecule has 2 aromatic carbocycles. The van der Waals surface area contributed by atoms with Crippen molar-refractivity contribution >= 4 is 5.69 Å². The molecular formula is C28H40N2O4. The Morgan fingerprint density at radius 2 is 1.56 bits per heavy atom. The number of hydrogen-bond acceptors (Lipinski definition) is 6. The highest BCUT2D eigenvalue weighted by Crippen LogP contribution is 2.32. The van der Waals surface area contributed by atoms with E-state index in [-0.39, 0.29) is 5.60 Å². The van der Waals surface area contributed by atoms with Gasteiger partial charge in [-0.1, -0.05) is 17.7 Å². The standard InChI is InChI=1S/C28H40N2O4/c1-22-5-10-26(23(2)19-22)34-21-28(33-4)13-15-29(16-14-28)20-27(31)11-17-30(18-12-27)24-6-8-25(32-3)9-7-24/h5-10,19,31H,11-18,20-21H2,1-4H3. The number of aliphatic hydroxyl groups is 1. The van der Waals surface area contributed by atoms with Gasteiger partial charge in [0.05, 0.1) is 12.7 Å². The maximum Gasteiger partial charge on any atom is 0.122 e. The lowest BCUT2D eigenvalue weighted by Gasteiger charge is -2.45. The summed E-state index contributed by atoms with van der Waals surface area (Å²) in [6.45, 7) is 9.02. The molecule has 2 aliphatic heterocycles. The first kappa shape index (κ1) is 24.8. The van der Waals surface area contributed by atoms with Crippen molar-refractivity contribution in [1.82, 2.24) is 4.90 Å². The highest BCUT2D eigenvalue weighted by molar-refractivity contribution is 5.49. The third kappa shape index (κ3) is 5.85. The summed E-state index contributed by atoms with van der Waals surface area (Å²) in [6.07, 6.45) is 3.37. The van der Waals surface area contributed by atoms with Crippen LogP contribution in [0.5, 0.6) is 11.5 Å². The Morgan fingerprint density at radius 3 is 2.15 bits per heavy atom. The van der Waals surface area contributed by atoms with Crippen LogP contribution in [0, 0.1) is 13.8 Å². The fraction of sp³-hybridized carbons (Fsp3) is 0.571. The molecule has 0 aliphatic carbocycles. The molecular weight excluding hydrogens is 428 g/mol. The summed E-state index contributed by atoms with van der Waals surface area (Å²) in [7, 11) is 3.48. The van der Waals surface area contributed by atoms with Crippen molar-refractivity contribution in [3.05, 3.63) is 53.6 Å². The second-order valence-corrected chi connectivity index (χ2v) is 10.1. The fourth-order valence-corrected chi connectivity index (χ4v) is 5.25. The van der Waals surface area contributed by atoms with E-state index in [0.717, 1.165) is 75.5 Å². The van der Waals surface area contributed by atoms with Gasteiger partial charge in [-0.3, -0.25) is 0 Å². The zero-order valence-electron chi connectivity index (χ0n) is 21.2. The van der Waals surface area contributed by atoms with E-state index < -0.39 is 5.60 Å². The quantitative estimate of drug-likeness (QED) is 0.627. The molecule has 0 bridgehead atoms. The summed E-state index contributed by atoms with van der Waals surface area (Å²) in [5.41, 5.74) is 2.69. The predicted molar refractivity (Wildman–Crippen MR) is 136 cm³/mol. The molecule has 2 aromatic rings. The molecule has 186 valence electrons. The summed E-state index contributed by atoms with van der Waals surface area (Å²) < 4.78 is 17.4. The van der Waals surface area contributed by atoms with E-state index in [1.807, 2.05) is 12.1 Å². The molecule has 4 rings (SSSR count). The van der Waals surface area contributed by atoms with Crippen molar-refractivity contribution in [3.8, 4) is 11.5 Å². The molecule has 0 saturated carbocycles. The Morgan fingerprint density at radius 1 is 0.882 bits per heavy atom. The molecule has 0 aromatic heterocycles. The molecule has 0 amide bonds. The number of hydrogen-bond donors (Lipinski definition) is 1. The maximum atomic E-state index is 11.3. The van der Waals surface area contributed by atoms with Gasteiger partial charge < -0.3 is 29.1 Å². The van der Waals surface area contributed by atoms with Crippen LogP contribution in [-0.2, 0) is 4.74 Å². The second-order valence-electron chi connectivity index (χ2n) is 10.1. The zero-order chi connectivity index (χ0) is 24.2. The number of anilines is 1. The predicted octanol–water partition coefficient (Wildman–Crippen LogP) is 4.20. The van der Waals surface area contributed by atoms with Crippen LogP contribution >= 0.6 is 0 Å². The van der Waals surface area contributed by atoms with Crippen molar-refractivity contribution < 1.29 is 19.3 Å². The molecule has 6 heteroatoms. The molecule has 0 radical (unpaired) electrons. The Hall–Kier alpha value is -2.28. The number of aryl methyl sites for hydroxylation is 2. The highest BCUT2D eigenvalue weighted by atomic mass is 16.5. The number of rotatable bonds is 8. The van der Waals surface area contributed by atoms with Crippen LogP contribution < -0.4 is 14.4 Å². The van der Waals surface area contributed by atoms with Crippen molar-refractivity contribution in [2.75, 3.05) is 58.5 Å². The van der Waals surface area contributed by atoms with Crippen LogP contribution in [0.15, 0.2) is 42.5 Å². The van der Waals surface area contributed by atoms with Crippen LogP contribution in [-0.4, -0.2) is 74.8 Å². The van der Waals surface area contributed by atoms with E-state index >= 15 is 0 Å². The minimum atomic E-state index is -0.633. The minimum Gasteiger partial charge on any atom is -0.497 e. The van der Waals surface area contributed by atoms with Crippen molar-refractivity contribution in [2.45, 2.75) is 50.7 Å². The molecule has 0 unspecified atom stereocenters. The van der Waals surface area contributed by atoms with Crippen LogP contribution in [0.3, 0.4) is 0 Å². The highest BCUT2D eigenvalue weighted by Gasteiger charge is 2.39. The van der Waals surface area contributed by atoms with Crippen LogP contribution in [0.2, 0.25) is 0 Å². The first-order valence-corrected chi connectivity index (χ1v) is 12.4. The Labute approximate surface area is 204 Å². The summed E-state index contributed by atoms with van der Waals surface area (Å²) >= 11 is 0. The Kier molecular flexibility index (Phi) is 7.70. The average Bonchev–Trinajstić information content (AvgIpc) is 2.85. The number of benzene rings is 2. The summed E-state index contributed by atoms with van der Waals surface area (Å²) in [5.74, 6) is 1.80. The SMILES string of the molecule is COc1ccc(N2CCC(O)(CN3CCC(COc4ccc(C)cc4C)(OC)CC3)CC2)cc1. The van der Waals surface area contributed by atoms with E-state index in [1.54, 1.807) is 14.2 Å². The Bertz CT molecular complexity index is 930. The molecule has 2 aliphatic rings. The van der Waals surface area contributed by atoms with Gasteiger partial charge in [-0.25, -0.2) is 0 Å². The fourth-order valence-electron chi connectivity index (χ4n) is 5.25. The third-order valence-corrected chi connectivity index (χ3v) is 7.67. The van der Waals surface area contributed by atoms with Gasteiger partial charge in [0, 0.05) is 45.5 Å². The van der Waals surface area contributed by atoms with Gasteiger partial charge in [0.25, 0.3) is 0 Å². The number of likely N-dealkylation sites (tertiary alicyclic amines) is 1. The zero-order valence-corrected chi connectivity index (χ0v) is 21.2. The molecule has 2 heterocycles. The van der Waals surface area contributed by atoms with Crippen LogP contribution in [0.25, 0.3) is 0 Å². The average molecular weight is 469 g/mol. The first-order valence-electron chi connectivity index (χ1n) is 12.4. The van der Waals surface area contributed by atoms with E-state index in [9.17, 15) is 5.11 Å².